The van der Waals surface area contributed by atoms with Gasteiger partial charge in [0.15, 0.2) is 0 Å². The third kappa shape index (κ3) is 2.49. The maximum absolute atomic E-state index is 5.26. The summed E-state index contributed by atoms with van der Waals surface area (Å²) in [6, 6.07) is 6.85. The van der Waals surface area contributed by atoms with Gasteiger partial charge in [0.2, 0.25) is 0 Å². The Morgan fingerprint density at radius 2 is 2.19 bits per heavy atom. The normalized spacial score (nSPS) is 16.9. The monoisotopic (exact) mass is 219 g/mol. The summed E-state index contributed by atoms with van der Waals surface area (Å²) in [5.74, 6) is 1.81. The lowest BCUT2D eigenvalue weighted by Gasteiger charge is -2.19. The van der Waals surface area contributed by atoms with Crippen LogP contribution >= 0.6 is 0 Å². The molecule has 0 saturated heterocycles. The average Bonchev–Trinajstić information content (AvgIpc) is 3.12. The molecule has 1 aromatic carbocycles. The lowest BCUT2D eigenvalue weighted by molar-refractivity contribution is 0.415. The predicted molar refractivity (Wildman–Crippen MR) is 68.2 cm³/mol. The molecule has 1 N–H and O–H groups in total. The van der Waals surface area contributed by atoms with Gasteiger partial charge in [-0.15, -0.1) is 0 Å². The summed E-state index contributed by atoms with van der Waals surface area (Å²) in [7, 11) is 1.71. The quantitative estimate of drug-likeness (QED) is 0.817. The molecule has 1 aromatic rings. The molecule has 2 nitrogen and oxygen atoms in total. The molecule has 2 heteroatoms. The van der Waals surface area contributed by atoms with Crippen LogP contribution in [0.15, 0.2) is 18.2 Å². The van der Waals surface area contributed by atoms with Crippen molar-refractivity contribution in [1.29, 1.82) is 0 Å². The molecular weight excluding hydrogens is 198 g/mol. The van der Waals surface area contributed by atoms with Gasteiger partial charge in [-0.25, -0.2) is 0 Å². The molecular formula is C14H21NO. The van der Waals surface area contributed by atoms with Gasteiger partial charge in [0.1, 0.15) is 5.75 Å². The Balaban J connectivity index is 2.11. The van der Waals surface area contributed by atoms with E-state index in [1.165, 1.54) is 30.5 Å². The number of benzene rings is 1. The van der Waals surface area contributed by atoms with E-state index in [0.717, 1.165) is 11.7 Å². The van der Waals surface area contributed by atoms with E-state index >= 15 is 0 Å². The molecule has 88 valence electrons. The largest absolute Gasteiger partial charge is 0.497 e. The first-order valence-corrected chi connectivity index (χ1v) is 6.15. The lowest BCUT2D eigenvalue weighted by Crippen LogP contribution is -2.21. The zero-order chi connectivity index (χ0) is 11.5. The molecule has 0 aliphatic heterocycles. The zero-order valence-electron chi connectivity index (χ0n) is 10.4. The fourth-order valence-electron chi connectivity index (χ4n) is 2.14. The second-order valence-electron chi connectivity index (χ2n) is 4.68. The van der Waals surface area contributed by atoms with Crippen LogP contribution in [0, 0.1) is 12.8 Å². The number of anilines is 1. The van der Waals surface area contributed by atoms with Gasteiger partial charge in [-0.3, -0.25) is 0 Å². The summed E-state index contributed by atoms with van der Waals surface area (Å²) >= 11 is 0. The van der Waals surface area contributed by atoms with E-state index in [1.54, 1.807) is 7.11 Å². The zero-order valence-corrected chi connectivity index (χ0v) is 10.4. The number of rotatable bonds is 5. The van der Waals surface area contributed by atoms with Crippen LogP contribution in [-0.2, 0) is 0 Å². The van der Waals surface area contributed by atoms with Gasteiger partial charge < -0.3 is 10.1 Å². The second-order valence-corrected chi connectivity index (χ2v) is 4.68. The van der Waals surface area contributed by atoms with Crippen molar-refractivity contribution in [3.05, 3.63) is 23.8 Å². The van der Waals surface area contributed by atoms with Gasteiger partial charge in [0, 0.05) is 17.8 Å². The minimum absolute atomic E-state index is 0.630. The molecule has 0 heterocycles. The molecule has 16 heavy (non-hydrogen) atoms. The topological polar surface area (TPSA) is 21.3 Å². The van der Waals surface area contributed by atoms with Crippen LogP contribution in [0.5, 0.6) is 5.75 Å². The fraction of sp³-hybridized carbons (Fsp3) is 0.571. The summed E-state index contributed by atoms with van der Waals surface area (Å²) in [4.78, 5) is 0. The number of nitrogens with one attached hydrogen (secondary N) is 1. The van der Waals surface area contributed by atoms with Crippen LogP contribution < -0.4 is 10.1 Å². The highest BCUT2D eigenvalue weighted by Crippen LogP contribution is 2.36. The highest BCUT2D eigenvalue weighted by molar-refractivity contribution is 5.55. The minimum atomic E-state index is 0.630. The maximum Gasteiger partial charge on any atom is 0.120 e. The lowest BCUT2D eigenvalue weighted by atomic mass is 10.1. The number of hydrogen-bond acceptors (Lipinski definition) is 2. The molecule has 1 fully saturated rings. The Bertz CT molecular complexity index is 358. The molecule has 0 bridgehead atoms. The van der Waals surface area contributed by atoms with Crippen LogP contribution in [0.25, 0.3) is 0 Å². The highest BCUT2D eigenvalue weighted by Gasteiger charge is 2.29. The fourth-order valence-corrected chi connectivity index (χ4v) is 2.14. The van der Waals surface area contributed by atoms with E-state index in [-0.39, 0.29) is 0 Å². The standard InChI is InChI=1S/C14H21NO/c1-4-13(11-6-7-11)15-14-9-12(16-3)8-5-10(14)2/h5,8-9,11,13,15H,4,6-7H2,1-3H3. The molecule has 0 amide bonds. The number of hydrogen-bond donors (Lipinski definition) is 1. The third-order valence-corrected chi connectivity index (χ3v) is 3.42. The Morgan fingerprint density at radius 1 is 1.44 bits per heavy atom. The van der Waals surface area contributed by atoms with Gasteiger partial charge >= 0.3 is 0 Å². The molecule has 1 atom stereocenters. The van der Waals surface area contributed by atoms with Crippen LogP contribution in [0.2, 0.25) is 0 Å². The Hall–Kier alpha value is -1.18. The van der Waals surface area contributed by atoms with Gasteiger partial charge in [-0.1, -0.05) is 13.0 Å². The molecule has 1 unspecified atom stereocenters. The van der Waals surface area contributed by atoms with Gasteiger partial charge in [0.25, 0.3) is 0 Å². The number of methoxy groups -OCH3 is 1. The van der Waals surface area contributed by atoms with Crippen molar-refractivity contribution in [2.24, 2.45) is 5.92 Å². The van der Waals surface area contributed by atoms with Crippen molar-refractivity contribution in [2.75, 3.05) is 12.4 Å². The van der Waals surface area contributed by atoms with Gasteiger partial charge in [0.05, 0.1) is 7.11 Å². The smallest absolute Gasteiger partial charge is 0.120 e. The van der Waals surface area contributed by atoms with E-state index in [9.17, 15) is 0 Å². The van der Waals surface area contributed by atoms with Crippen LogP contribution in [0.4, 0.5) is 5.69 Å². The van der Waals surface area contributed by atoms with E-state index in [2.05, 4.69) is 31.3 Å². The SMILES string of the molecule is CCC(Nc1cc(OC)ccc1C)C1CC1. The first-order valence-electron chi connectivity index (χ1n) is 6.15. The molecule has 1 saturated carbocycles. The van der Waals surface area contributed by atoms with E-state index in [0.29, 0.717) is 6.04 Å². The van der Waals surface area contributed by atoms with Gasteiger partial charge in [-0.05, 0) is 43.7 Å². The molecule has 1 aliphatic rings. The summed E-state index contributed by atoms with van der Waals surface area (Å²) in [5, 5.41) is 3.65. The molecule has 0 aromatic heterocycles. The summed E-state index contributed by atoms with van der Waals surface area (Å²) in [6.07, 6.45) is 3.96. The Morgan fingerprint density at radius 3 is 2.75 bits per heavy atom. The highest BCUT2D eigenvalue weighted by atomic mass is 16.5. The van der Waals surface area contributed by atoms with E-state index in [1.807, 2.05) is 6.07 Å². The predicted octanol–water partition coefficient (Wildman–Crippen LogP) is 3.60. The van der Waals surface area contributed by atoms with Crippen LogP contribution in [0.3, 0.4) is 0 Å². The van der Waals surface area contributed by atoms with Crippen molar-refractivity contribution < 1.29 is 4.74 Å². The van der Waals surface area contributed by atoms with E-state index < -0.39 is 0 Å². The Labute approximate surface area is 98.0 Å². The number of aryl methyl sites for hydroxylation is 1. The first kappa shape index (κ1) is 11.3. The van der Waals surface area contributed by atoms with Gasteiger partial charge in [-0.2, -0.15) is 0 Å². The first-order chi connectivity index (χ1) is 7.74. The molecule has 1 aliphatic carbocycles. The number of ether oxygens (including phenoxy) is 1. The van der Waals surface area contributed by atoms with Crippen molar-refractivity contribution >= 4 is 5.69 Å². The van der Waals surface area contributed by atoms with Crippen molar-refractivity contribution in [2.45, 2.75) is 39.2 Å². The van der Waals surface area contributed by atoms with E-state index in [4.69, 9.17) is 4.74 Å². The molecule has 0 spiro atoms. The van der Waals surface area contributed by atoms with Crippen LogP contribution in [0.1, 0.15) is 31.7 Å². The summed E-state index contributed by atoms with van der Waals surface area (Å²) in [5.41, 5.74) is 2.51. The average molecular weight is 219 g/mol. The minimum Gasteiger partial charge on any atom is -0.497 e. The van der Waals surface area contributed by atoms with Crippen molar-refractivity contribution in [1.82, 2.24) is 0 Å². The summed E-state index contributed by atoms with van der Waals surface area (Å²) in [6.45, 7) is 4.40. The Kier molecular flexibility index (Phi) is 3.37. The second kappa shape index (κ2) is 4.77. The van der Waals surface area contributed by atoms with Crippen molar-refractivity contribution in [3.63, 3.8) is 0 Å². The molecule has 0 radical (unpaired) electrons. The van der Waals surface area contributed by atoms with Crippen LogP contribution in [-0.4, -0.2) is 13.2 Å². The maximum atomic E-state index is 5.26. The summed E-state index contributed by atoms with van der Waals surface area (Å²) < 4.78 is 5.26. The third-order valence-electron chi connectivity index (χ3n) is 3.42. The van der Waals surface area contributed by atoms with Crippen molar-refractivity contribution in [3.8, 4) is 5.75 Å². The molecule has 2 rings (SSSR count).